The van der Waals surface area contributed by atoms with Gasteiger partial charge in [0.1, 0.15) is 0 Å². The van der Waals surface area contributed by atoms with Gasteiger partial charge in [-0.3, -0.25) is 4.79 Å². The van der Waals surface area contributed by atoms with Crippen LogP contribution in [0.2, 0.25) is 0 Å². The molecule has 0 saturated carbocycles. The highest BCUT2D eigenvalue weighted by molar-refractivity contribution is 6.01. The lowest BCUT2D eigenvalue weighted by Gasteiger charge is -2.18. The van der Waals surface area contributed by atoms with Crippen LogP contribution in [-0.4, -0.2) is 11.6 Å². The Balaban J connectivity index is 2.10. The van der Waals surface area contributed by atoms with Gasteiger partial charge in [-0.05, 0) is 66.6 Å². The van der Waals surface area contributed by atoms with Gasteiger partial charge in [-0.15, -0.1) is 0 Å². The van der Waals surface area contributed by atoms with Crippen LogP contribution in [0.1, 0.15) is 60.3 Å². The molecule has 24 heavy (non-hydrogen) atoms. The fourth-order valence-corrected chi connectivity index (χ4v) is 2.35. The van der Waals surface area contributed by atoms with E-state index in [9.17, 15) is 4.79 Å². The highest BCUT2D eigenvalue weighted by atomic mass is 16.2. The second kappa shape index (κ2) is 7.00. The number of rotatable bonds is 3. The van der Waals surface area contributed by atoms with Crippen LogP contribution in [0.3, 0.4) is 0 Å². The molecule has 1 N–H and O–H groups in total. The number of hydrogen-bond donors (Lipinski definition) is 1. The van der Waals surface area contributed by atoms with E-state index in [1.807, 2.05) is 37.3 Å². The van der Waals surface area contributed by atoms with Crippen LogP contribution in [0.4, 0.5) is 0 Å². The van der Waals surface area contributed by atoms with Crippen LogP contribution in [0, 0.1) is 13.8 Å². The topological polar surface area (TPSA) is 41.5 Å². The number of hydrogen-bond acceptors (Lipinski definition) is 2. The van der Waals surface area contributed by atoms with Gasteiger partial charge in [0, 0.05) is 5.56 Å². The summed E-state index contributed by atoms with van der Waals surface area (Å²) in [6.07, 6.45) is 0. The molecule has 0 saturated heterocycles. The summed E-state index contributed by atoms with van der Waals surface area (Å²) in [5, 5.41) is 4.23. The number of amides is 1. The molecule has 0 atom stereocenters. The van der Waals surface area contributed by atoms with Gasteiger partial charge in [-0.2, -0.15) is 5.10 Å². The number of nitrogens with one attached hydrogen (secondary N) is 1. The van der Waals surface area contributed by atoms with Gasteiger partial charge in [-0.1, -0.05) is 45.0 Å². The van der Waals surface area contributed by atoms with Crippen LogP contribution in [0.25, 0.3) is 0 Å². The van der Waals surface area contributed by atoms with E-state index < -0.39 is 0 Å². The van der Waals surface area contributed by atoms with Gasteiger partial charge < -0.3 is 0 Å². The molecule has 2 rings (SSSR count). The number of aryl methyl sites for hydroxylation is 2. The maximum Gasteiger partial charge on any atom is 0.271 e. The number of carbonyl (C=O) groups excluding carboxylic acids is 1. The third kappa shape index (κ3) is 4.31. The molecule has 2 aromatic carbocycles. The Morgan fingerprint density at radius 2 is 1.50 bits per heavy atom. The van der Waals surface area contributed by atoms with Gasteiger partial charge in [0.05, 0.1) is 5.71 Å². The molecule has 1 amide bonds. The number of hydrazone groups is 1. The molecule has 0 heterocycles. The van der Waals surface area contributed by atoms with E-state index in [4.69, 9.17) is 0 Å². The summed E-state index contributed by atoms with van der Waals surface area (Å²) in [6, 6.07) is 13.8. The highest BCUT2D eigenvalue weighted by Crippen LogP contribution is 2.22. The van der Waals surface area contributed by atoms with Crippen molar-refractivity contribution in [2.75, 3.05) is 0 Å². The molecule has 0 spiro atoms. The average molecular weight is 322 g/mol. The first-order valence-corrected chi connectivity index (χ1v) is 8.21. The Bertz CT molecular complexity index is 765. The fraction of sp³-hybridized carbons (Fsp3) is 0.333. The van der Waals surface area contributed by atoms with E-state index in [0.29, 0.717) is 5.56 Å². The molecule has 3 heteroatoms. The van der Waals surface area contributed by atoms with Crippen LogP contribution < -0.4 is 5.43 Å². The number of benzene rings is 2. The predicted octanol–water partition coefficient (Wildman–Crippen LogP) is 4.75. The van der Waals surface area contributed by atoms with Crippen molar-refractivity contribution in [1.29, 1.82) is 0 Å². The van der Waals surface area contributed by atoms with Gasteiger partial charge in [0.2, 0.25) is 0 Å². The lowest BCUT2D eigenvalue weighted by molar-refractivity contribution is 0.0955. The molecule has 0 aromatic heterocycles. The summed E-state index contributed by atoms with van der Waals surface area (Å²) in [4.78, 5) is 12.2. The molecule has 0 aliphatic rings. The smallest absolute Gasteiger partial charge is 0.267 e. The van der Waals surface area contributed by atoms with E-state index >= 15 is 0 Å². The largest absolute Gasteiger partial charge is 0.271 e. The Hall–Kier alpha value is -2.42. The minimum Gasteiger partial charge on any atom is -0.267 e. The van der Waals surface area contributed by atoms with E-state index in [1.54, 1.807) is 0 Å². The Morgan fingerprint density at radius 1 is 0.917 bits per heavy atom. The zero-order chi connectivity index (χ0) is 17.9. The van der Waals surface area contributed by atoms with Crippen LogP contribution >= 0.6 is 0 Å². The Kier molecular flexibility index (Phi) is 5.23. The third-order valence-corrected chi connectivity index (χ3v) is 4.26. The summed E-state index contributed by atoms with van der Waals surface area (Å²) < 4.78 is 0. The fourth-order valence-electron chi connectivity index (χ4n) is 2.35. The molecule has 0 fully saturated rings. The van der Waals surface area contributed by atoms with E-state index in [1.165, 1.54) is 16.7 Å². The molecular weight excluding hydrogens is 296 g/mol. The van der Waals surface area contributed by atoms with Crippen molar-refractivity contribution in [3.8, 4) is 0 Å². The summed E-state index contributed by atoms with van der Waals surface area (Å²) >= 11 is 0. The number of carbonyl (C=O) groups is 1. The minimum absolute atomic E-state index is 0.0764. The molecular formula is C21H26N2O. The summed E-state index contributed by atoms with van der Waals surface area (Å²) in [6.45, 7) is 12.5. The van der Waals surface area contributed by atoms with Gasteiger partial charge in [0.15, 0.2) is 0 Å². The van der Waals surface area contributed by atoms with Crippen molar-refractivity contribution in [3.05, 3.63) is 70.3 Å². The van der Waals surface area contributed by atoms with E-state index in [2.05, 4.69) is 57.3 Å². The van der Waals surface area contributed by atoms with Crippen molar-refractivity contribution in [3.63, 3.8) is 0 Å². The normalized spacial score (nSPS) is 12.2. The van der Waals surface area contributed by atoms with E-state index in [0.717, 1.165) is 11.3 Å². The van der Waals surface area contributed by atoms with Crippen molar-refractivity contribution in [2.45, 2.75) is 47.0 Å². The van der Waals surface area contributed by atoms with Crippen LogP contribution in [0.5, 0.6) is 0 Å². The van der Waals surface area contributed by atoms with Crippen molar-refractivity contribution < 1.29 is 4.79 Å². The summed E-state index contributed by atoms with van der Waals surface area (Å²) in [5.74, 6) is -0.196. The molecule has 126 valence electrons. The molecule has 3 nitrogen and oxygen atoms in total. The van der Waals surface area contributed by atoms with Gasteiger partial charge in [0.25, 0.3) is 5.91 Å². The lowest BCUT2D eigenvalue weighted by atomic mass is 9.87. The summed E-state index contributed by atoms with van der Waals surface area (Å²) in [5.41, 5.74) is 8.79. The van der Waals surface area contributed by atoms with E-state index in [-0.39, 0.29) is 11.3 Å². The maximum absolute atomic E-state index is 12.2. The Labute approximate surface area is 144 Å². The average Bonchev–Trinajstić information content (AvgIpc) is 2.54. The van der Waals surface area contributed by atoms with Crippen molar-refractivity contribution in [1.82, 2.24) is 5.43 Å². The zero-order valence-electron chi connectivity index (χ0n) is 15.4. The third-order valence-electron chi connectivity index (χ3n) is 4.26. The molecule has 0 bridgehead atoms. The molecule has 0 aliphatic heterocycles. The minimum atomic E-state index is -0.196. The first kappa shape index (κ1) is 17.9. The van der Waals surface area contributed by atoms with Crippen LogP contribution in [-0.2, 0) is 5.41 Å². The second-order valence-electron chi connectivity index (χ2n) is 7.26. The van der Waals surface area contributed by atoms with Gasteiger partial charge in [-0.25, -0.2) is 5.43 Å². The zero-order valence-corrected chi connectivity index (χ0v) is 15.4. The summed E-state index contributed by atoms with van der Waals surface area (Å²) in [7, 11) is 0. The number of nitrogens with zero attached hydrogens (tertiary/aromatic N) is 1. The SMILES string of the molecule is CC(=NNC(=O)c1ccc(C(C)(C)C)cc1)c1ccc(C)c(C)c1. The molecule has 2 aromatic rings. The van der Waals surface area contributed by atoms with Crippen molar-refractivity contribution in [2.24, 2.45) is 5.10 Å². The predicted molar refractivity (Wildman–Crippen MR) is 101 cm³/mol. The van der Waals surface area contributed by atoms with Crippen LogP contribution in [0.15, 0.2) is 47.6 Å². The first-order chi connectivity index (χ1) is 11.2. The standard InChI is InChI=1S/C21H26N2O/c1-14-7-8-18(13-15(14)2)16(3)22-23-20(24)17-9-11-19(12-10-17)21(4,5)6/h7-13H,1-6H3,(H,23,24). The van der Waals surface area contributed by atoms with Gasteiger partial charge >= 0.3 is 0 Å². The maximum atomic E-state index is 12.2. The molecule has 0 aliphatic carbocycles. The monoisotopic (exact) mass is 322 g/mol. The lowest BCUT2D eigenvalue weighted by Crippen LogP contribution is -2.20. The Morgan fingerprint density at radius 3 is 2.04 bits per heavy atom. The first-order valence-electron chi connectivity index (χ1n) is 8.21. The quantitative estimate of drug-likeness (QED) is 0.643. The second-order valence-corrected chi connectivity index (χ2v) is 7.26. The molecule has 0 unspecified atom stereocenters. The highest BCUT2D eigenvalue weighted by Gasteiger charge is 2.14. The molecule has 0 radical (unpaired) electrons. The van der Waals surface area contributed by atoms with Crippen molar-refractivity contribution >= 4 is 11.6 Å².